The number of hydrogen-bond donors (Lipinski definition) is 1. The van der Waals surface area contributed by atoms with E-state index in [4.69, 9.17) is 10.3 Å². The Hall–Kier alpha value is -2.93. The van der Waals surface area contributed by atoms with E-state index in [-0.39, 0.29) is 30.0 Å². The van der Waals surface area contributed by atoms with E-state index < -0.39 is 5.41 Å². The van der Waals surface area contributed by atoms with E-state index in [0.717, 1.165) is 21.7 Å². The fraction of sp³-hybridized carbons (Fsp3) is 0.375. The summed E-state index contributed by atoms with van der Waals surface area (Å²) in [7, 11) is 0. The highest BCUT2D eigenvalue weighted by Crippen LogP contribution is 2.38. The van der Waals surface area contributed by atoms with Crippen LogP contribution in [0.2, 0.25) is 0 Å². The van der Waals surface area contributed by atoms with Crippen molar-refractivity contribution in [3.05, 3.63) is 64.9 Å². The molecule has 1 aliphatic heterocycles. The number of primary amides is 1. The first-order valence-electron chi connectivity index (χ1n) is 10.6. The van der Waals surface area contributed by atoms with Crippen LogP contribution in [0.3, 0.4) is 0 Å². The zero-order chi connectivity index (χ0) is 22.0. The summed E-state index contributed by atoms with van der Waals surface area (Å²) in [5, 5.41) is 6.04. The second kappa shape index (κ2) is 8.67. The van der Waals surface area contributed by atoms with E-state index in [0.29, 0.717) is 25.8 Å². The van der Waals surface area contributed by atoms with Gasteiger partial charge in [-0.3, -0.25) is 9.59 Å². The number of nitrogens with two attached hydrogens (primary N) is 1. The van der Waals surface area contributed by atoms with Gasteiger partial charge < -0.3 is 15.2 Å². The summed E-state index contributed by atoms with van der Waals surface area (Å²) in [6.07, 6.45) is 1.85. The lowest BCUT2D eigenvalue weighted by atomic mass is 9.73. The molecule has 31 heavy (non-hydrogen) atoms. The Morgan fingerprint density at radius 3 is 2.74 bits per heavy atom. The number of piperidine rings is 1. The average molecular weight is 438 g/mol. The molecule has 6 nitrogen and oxygen atoms in total. The minimum Gasteiger partial charge on any atom is -0.369 e. The van der Waals surface area contributed by atoms with Crippen molar-refractivity contribution < 1.29 is 14.1 Å². The molecule has 1 fully saturated rings. The highest BCUT2D eigenvalue weighted by molar-refractivity contribution is 7.13. The molecule has 162 valence electrons. The molecule has 0 radical (unpaired) electrons. The number of thiophene rings is 1. The first kappa shape index (κ1) is 21.3. The number of carbonyl (C=O) groups excluding carboxylic acids is 2. The monoisotopic (exact) mass is 437 g/mol. The lowest BCUT2D eigenvalue weighted by Gasteiger charge is -2.40. The summed E-state index contributed by atoms with van der Waals surface area (Å²) in [5.74, 6) is -0.226. The largest absolute Gasteiger partial charge is 0.369 e. The Labute approximate surface area is 186 Å². The van der Waals surface area contributed by atoms with Crippen molar-refractivity contribution in [1.82, 2.24) is 10.1 Å². The van der Waals surface area contributed by atoms with E-state index in [1.54, 1.807) is 22.3 Å². The van der Waals surface area contributed by atoms with Gasteiger partial charge in [-0.05, 0) is 47.8 Å². The molecule has 2 amide bonds. The van der Waals surface area contributed by atoms with Gasteiger partial charge in [-0.2, -0.15) is 0 Å². The fourth-order valence-corrected chi connectivity index (χ4v) is 5.05. The van der Waals surface area contributed by atoms with Crippen LogP contribution in [0.25, 0.3) is 10.4 Å². The summed E-state index contributed by atoms with van der Waals surface area (Å²) in [5.41, 5.74) is 8.06. The van der Waals surface area contributed by atoms with E-state index in [1.165, 1.54) is 0 Å². The number of rotatable bonds is 6. The van der Waals surface area contributed by atoms with Gasteiger partial charge >= 0.3 is 0 Å². The van der Waals surface area contributed by atoms with Crippen molar-refractivity contribution >= 4 is 23.2 Å². The van der Waals surface area contributed by atoms with Crippen LogP contribution in [0.5, 0.6) is 0 Å². The van der Waals surface area contributed by atoms with Gasteiger partial charge in [0.25, 0.3) is 5.91 Å². The second-order valence-corrected chi connectivity index (χ2v) is 9.50. The molecule has 1 aliphatic rings. The summed E-state index contributed by atoms with van der Waals surface area (Å²) in [4.78, 5) is 28.7. The number of amides is 2. The zero-order valence-corrected chi connectivity index (χ0v) is 18.7. The maximum absolute atomic E-state index is 13.1. The highest BCUT2D eigenvalue weighted by Gasteiger charge is 2.43. The van der Waals surface area contributed by atoms with Gasteiger partial charge in [0.15, 0.2) is 0 Å². The molecule has 0 spiro atoms. The van der Waals surface area contributed by atoms with E-state index in [1.807, 2.05) is 43.5 Å². The van der Waals surface area contributed by atoms with Crippen LogP contribution in [0.15, 0.2) is 52.4 Å². The first-order valence-corrected chi connectivity index (χ1v) is 11.5. The zero-order valence-electron chi connectivity index (χ0n) is 17.8. The normalized spacial score (nSPS) is 19.0. The Morgan fingerprint density at radius 1 is 1.26 bits per heavy atom. The number of likely N-dealkylation sites (tertiary alicyclic amines) is 1. The van der Waals surface area contributed by atoms with Gasteiger partial charge in [0.1, 0.15) is 0 Å². The van der Waals surface area contributed by atoms with E-state index in [2.05, 4.69) is 17.3 Å². The molecule has 1 saturated heterocycles. The van der Waals surface area contributed by atoms with Crippen LogP contribution >= 0.6 is 11.3 Å². The van der Waals surface area contributed by atoms with Crippen molar-refractivity contribution in [2.45, 2.75) is 39.0 Å². The molecule has 3 aromatic rings. The van der Waals surface area contributed by atoms with Crippen LogP contribution in [0.4, 0.5) is 0 Å². The van der Waals surface area contributed by atoms with Crippen molar-refractivity contribution in [2.24, 2.45) is 11.1 Å². The molecule has 0 saturated carbocycles. The van der Waals surface area contributed by atoms with Crippen LogP contribution in [0, 0.1) is 5.41 Å². The van der Waals surface area contributed by atoms with Crippen molar-refractivity contribution in [1.29, 1.82) is 0 Å². The van der Waals surface area contributed by atoms with Gasteiger partial charge in [-0.25, -0.2) is 0 Å². The minimum absolute atomic E-state index is 0.171. The van der Waals surface area contributed by atoms with Crippen LogP contribution in [0.1, 0.15) is 54.4 Å². The number of carbonyl (C=O) groups is 2. The lowest BCUT2D eigenvalue weighted by molar-refractivity contribution is -0.130. The average Bonchev–Trinajstić information content (AvgIpc) is 3.46. The van der Waals surface area contributed by atoms with E-state index in [9.17, 15) is 9.59 Å². The molecule has 1 aromatic carbocycles. The van der Waals surface area contributed by atoms with Crippen LogP contribution < -0.4 is 5.73 Å². The van der Waals surface area contributed by atoms with Gasteiger partial charge in [0, 0.05) is 24.0 Å². The minimum atomic E-state index is -0.817. The second-order valence-electron chi connectivity index (χ2n) is 8.56. The maximum Gasteiger partial charge on any atom is 0.292 e. The molecule has 2 aromatic heterocycles. The Morgan fingerprint density at radius 2 is 2.06 bits per heavy atom. The number of hydrogen-bond acceptors (Lipinski definition) is 5. The number of aromatic nitrogens is 1. The summed E-state index contributed by atoms with van der Waals surface area (Å²) >= 11 is 1.67. The third-order valence-electron chi connectivity index (χ3n) is 6.05. The fourth-order valence-electron chi connectivity index (χ4n) is 4.27. The molecule has 0 aliphatic carbocycles. The quantitative estimate of drug-likeness (QED) is 0.616. The maximum atomic E-state index is 13.1. The standard InChI is InChI=1S/C24H27N3O3S/c1-16(2)19-13-20(30-26-19)22(28)27-11-6-10-24(15-27,23(25)29)14-17-7-3-4-8-18(17)21-9-5-12-31-21/h3-5,7-9,12-13,16H,6,10-11,14-15H2,1-2H3,(H2,25,29). The molecule has 4 rings (SSSR count). The molecular formula is C24H27N3O3S. The van der Waals surface area contributed by atoms with Gasteiger partial charge in [0.2, 0.25) is 11.7 Å². The first-order chi connectivity index (χ1) is 14.9. The third-order valence-corrected chi connectivity index (χ3v) is 6.95. The lowest BCUT2D eigenvalue weighted by Crippen LogP contribution is -2.53. The molecule has 7 heteroatoms. The predicted molar refractivity (Wildman–Crippen MR) is 121 cm³/mol. The predicted octanol–water partition coefficient (Wildman–Crippen LogP) is 4.48. The highest BCUT2D eigenvalue weighted by atomic mass is 32.1. The Balaban J connectivity index is 1.61. The topological polar surface area (TPSA) is 89.4 Å². The Kier molecular flexibility index (Phi) is 5.96. The van der Waals surface area contributed by atoms with Crippen molar-refractivity contribution in [3.63, 3.8) is 0 Å². The molecule has 3 heterocycles. The molecule has 0 bridgehead atoms. The summed E-state index contributed by atoms with van der Waals surface area (Å²) in [6.45, 7) is 4.84. The SMILES string of the molecule is CC(C)c1cc(C(=O)N2CCCC(Cc3ccccc3-c3cccs3)(C(N)=O)C2)on1. The molecule has 1 atom stereocenters. The molecular weight excluding hydrogens is 410 g/mol. The van der Waals surface area contributed by atoms with Gasteiger partial charge in [0.05, 0.1) is 11.1 Å². The molecule has 1 unspecified atom stereocenters. The smallest absolute Gasteiger partial charge is 0.292 e. The number of nitrogens with zero attached hydrogens (tertiary/aromatic N) is 2. The number of benzene rings is 1. The third kappa shape index (κ3) is 4.28. The van der Waals surface area contributed by atoms with Gasteiger partial charge in [-0.15, -0.1) is 11.3 Å². The molecule has 2 N–H and O–H groups in total. The van der Waals surface area contributed by atoms with Crippen molar-refractivity contribution in [2.75, 3.05) is 13.1 Å². The van der Waals surface area contributed by atoms with Gasteiger partial charge in [-0.1, -0.05) is 49.3 Å². The van der Waals surface area contributed by atoms with Crippen LogP contribution in [-0.4, -0.2) is 35.0 Å². The van der Waals surface area contributed by atoms with Crippen LogP contribution in [-0.2, 0) is 11.2 Å². The summed E-state index contributed by atoms with van der Waals surface area (Å²) in [6, 6.07) is 13.9. The Bertz CT molecular complexity index is 1070. The summed E-state index contributed by atoms with van der Waals surface area (Å²) < 4.78 is 5.30. The van der Waals surface area contributed by atoms with E-state index >= 15 is 0 Å². The van der Waals surface area contributed by atoms with Crippen molar-refractivity contribution in [3.8, 4) is 10.4 Å².